The van der Waals surface area contributed by atoms with E-state index in [9.17, 15) is 4.79 Å². The van der Waals surface area contributed by atoms with Gasteiger partial charge < -0.3 is 15.0 Å². The third-order valence-electron chi connectivity index (χ3n) is 4.21. The number of ether oxygens (including phenoxy) is 1. The van der Waals surface area contributed by atoms with Crippen LogP contribution in [-0.2, 0) is 9.53 Å². The summed E-state index contributed by atoms with van der Waals surface area (Å²) in [5.41, 5.74) is 0. The van der Waals surface area contributed by atoms with Crippen LogP contribution in [0.4, 0.5) is 0 Å². The van der Waals surface area contributed by atoms with E-state index in [2.05, 4.69) is 12.2 Å². The number of carbonyl (C=O) groups is 1. The number of amides is 1. The fraction of sp³-hybridized carbons (Fsp3) is 0.933. The summed E-state index contributed by atoms with van der Waals surface area (Å²) in [4.78, 5) is 14.6. The monoisotopic (exact) mass is 304 g/mol. The normalized spacial score (nSPS) is 23.9. The van der Waals surface area contributed by atoms with Crippen molar-refractivity contribution in [3.05, 3.63) is 0 Å². The minimum absolute atomic E-state index is 0. The molecule has 1 atom stereocenters. The van der Waals surface area contributed by atoms with Gasteiger partial charge in [0.2, 0.25) is 0 Å². The van der Waals surface area contributed by atoms with Gasteiger partial charge in [-0.2, -0.15) is 0 Å². The molecule has 1 aliphatic carbocycles. The van der Waals surface area contributed by atoms with Gasteiger partial charge in [0.1, 0.15) is 6.10 Å². The molecule has 0 radical (unpaired) electrons. The van der Waals surface area contributed by atoms with Crippen LogP contribution >= 0.6 is 12.4 Å². The SMILES string of the molecule is CCCN(CC1CCCCC1)C(=O)C1CNCCO1.Cl. The zero-order valence-electron chi connectivity index (χ0n) is 12.6. The fourth-order valence-electron chi connectivity index (χ4n) is 3.17. The van der Waals surface area contributed by atoms with Crippen molar-refractivity contribution >= 4 is 18.3 Å². The second kappa shape index (κ2) is 9.59. The Bertz CT molecular complexity index is 277. The number of nitrogens with zero attached hydrogens (tertiary/aromatic N) is 1. The first kappa shape index (κ1) is 17.7. The summed E-state index contributed by atoms with van der Waals surface area (Å²) in [6.07, 6.45) is 7.38. The Balaban J connectivity index is 0.00000200. The zero-order chi connectivity index (χ0) is 13.5. The predicted molar refractivity (Wildman–Crippen MR) is 83.3 cm³/mol. The number of carbonyl (C=O) groups excluding carboxylic acids is 1. The first-order valence-electron chi connectivity index (χ1n) is 7.92. The van der Waals surface area contributed by atoms with Gasteiger partial charge in [-0.25, -0.2) is 0 Å². The molecule has 1 heterocycles. The van der Waals surface area contributed by atoms with E-state index < -0.39 is 0 Å². The van der Waals surface area contributed by atoms with Crippen LogP contribution in [0.5, 0.6) is 0 Å². The third-order valence-corrected chi connectivity index (χ3v) is 4.21. The van der Waals surface area contributed by atoms with Crippen LogP contribution < -0.4 is 5.32 Å². The maximum absolute atomic E-state index is 12.5. The Hall–Kier alpha value is -0.320. The molecule has 4 nitrogen and oxygen atoms in total. The first-order chi connectivity index (χ1) is 9.31. The Labute approximate surface area is 129 Å². The molecule has 2 fully saturated rings. The molecule has 5 heteroatoms. The molecule has 20 heavy (non-hydrogen) atoms. The topological polar surface area (TPSA) is 41.6 Å². The molecule has 1 aliphatic heterocycles. The molecular formula is C15H29ClN2O2. The van der Waals surface area contributed by atoms with Gasteiger partial charge in [-0.3, -0.25) is 4.79 Å². The highest BCUT2D eigenvalue weighted by Crippen LogP contribution is 2.24. The first-order valence-corrected chi connectivity index (χ1v) is 7.92. The van der Waals surface area contributed by atoms with Crippen molar-refractivity contribution in [1.82, 2.24) is 10.2 Å². The minimum Gasteiger partial charge on any atom is -0.366 e. The van der Waals surface area contributed by atoms with E-state index in [1.807, 2.05) is 4.90 Å². The second-order valence-corrected chi connectivity index (χ2v) is 5.85. The molecule has 0 aromatic heterocycles. The Morgan fingerprint density at radius 3 is 2.65 bits per heavy atom. The number of nitrogens with one attached hydrogen (secondary N) is 1. The molecule has 2 rings (SSSR count). The lowest BCUT2D eigenvalue weighted by atomic mass is 9.89. The van der Waals surface area contributed by atoms with Crippen LogP contribution in [0.3, 0.4) is 0 Å². The molecule has 1 unspecified atom stereocenters. The molecule has 0 spiro atoms. The summed E-state index contributed by atoms with van der Waals surface area (Å²) in [7, 11) is 0. The van der Waals surface area contributed by atoms with Crippen LogP contribution in [0, 0.1) is 5.92 Å². The van der Waals surface area contributed by atoms with E-state index in [1.54, 1.807) is 0 Å². The van der Waals surface area contributed by atoms with Gasteiger partial charge in [0.15, 0.2) is 0 Å². The molecule has 1 amide bonds. The lowest BCUT2D eigenvalue weighted by Gasteiger charge is -2.33. The van der Waals surface area contributed by atoms with Gasteiger partial charge in [0.25, 0.3) is 5.91 Å². The largest absolute Gasteiger partial charge is 0.366 e. The molecule has 118 valence electrons. The number of hydrogen-bond donors (Lipinski definition) is 1. The number of hydrogen-bond acceptors (Lipinski definition) is 3. The Morgan fingerprint density at radius 1 is 1.30 bits per heavy atom. The summed E-state index contributed by atoms with van der Waals surface area (Å²) >= 11 is 0. The Kier molecular flexibility index (Phi) is 8.50. The van der Waals surface area contributed by atoms with Gasteiger partial charge in [-0.1, -0.05) is 26.2 Å². The lowest BCUT2D eigenvalue weighted by Crippen LogP contribution is -2.50. The Morgan fingerprint density at radius 2 is 2.05 bits per heavy atom. The summed E-state index contributed by atoms with van der Waals surface area (Å²) < 4.78 is 5.60. The molecular weight excluding hydrogens is 276 g/mol. The van der Waals surface area contributed by atoms with Crippen LogP contribution in [0.15, 0.2) is 0 Å². The summed E-state index contributed by atoms with van der Waals surface area (Å²) in [5.74, 6) is 0.903. The van der Waals surface area contributed by atoms with Gasteiger partial charge in [0.05, 0.1) is 6.61 Å². The highest BCUT2D eigenvalue weighted by Gasteiger charge is 2.28. The summed E-state index contributed by atoms with van der Waals surface area (Å²) in [6, 6.07) is 0. The fourth-order valence-corrected chi connectivity index (χ4v) is 3.17. The van der Waals surface area contributed by atoms with Crippen molar-refractivity contribution in [2.75, 3.05) is 32.8 Å². The summed E-state index contributed by atoms with van der Waals surface area (Å²) in [5, 5.41) is 3.24. The number of halogens is 1. The van der Waals surface area contributed by atoms with Crippen molar-refractivity contribution < 1.29 is 9.53 Å². The van der Waals surface area contributed by atoms with Crippen LogP contribution in [-0.4, -0.2) is 49.7 Å². The third kappa shape index (κ3) is 5.23. The maximum Gasteiger partial charge on any atom is 0.253 e. The van der Waals surface area contributed by atoms with E-state index in [0.29, 0.717) is 19.1 Å². The zero-order valence-corrected chi connectivity index (χ0v) is 13.4. The van der Waals surface area contributed by atoms with Gasteiger partial charge in [-0.05, 0) is 25.2 Å². The van der Waals surface area contributed by atoms with Crippen LogP contribution in [0.2, 0.25) is 0 Å². The van der Waals surface area contributed by atoms with E-state index in [0.717, 1.165) is 26.1 Å². The average Bonchev–Trinajstić information content (AvgIpc) is 2.48. The molecule has 0 aromatic carbocycles. The smallest absolute Gasteiger partial charge is 0.253 e. The van der Waals surface area contributed by atoms with Crippen molar-refractivity contribution in [1.29, 1.82) is 0 Å². The molecule has 0 aromatic rings. The van der Waals surface area contributed by atoms with Crippen molar-refractivity contribution in [2.24, 2.45) is 5.92 Å². The molecule has 1 saturated carbocycles. The average molecular weight is 305 g/mol. The van der Waals surface area contributed by atoms with E-state index in [4.69, 9.17) is 4.74 Å². The van der Waals surface area contributed by atoms with Gasteiger partial charge in [-0.15, -0.1) is 12.4 Å². The van der Waals surface area contributed by atoms with Crippen molar-refractivity contribution in [3.8, 4) is 0 Å². The summed E-state index contributed by atoms with van der Waals surface area (Å²) in [6.45, 7) is 6.13. The van der Waals surface area contributed by atoms with Crippen molar-refractivity contribution in [2.45, 2.75) is 51.6 Å². The van der Waals surface area contributed by atoms with E-state index in [-0.39, 0.29) is 24.4 Å². The van der Waals surface area contributed by atoms with E-state index in [1.165, 1.54) is 32.1 Å². The van der Waals surface area contributed by atoms with Crippen molar-refractivity contribution in [3.63, 3.8) is 0 Å². The minimum atomic E-state index is -0.260. The van der Waals surface area contributed by atoms with Crippen LogP contribution in [0.1, 0.15) is 45.4 Å². The number of morpholine rings is 1. The lowest BCUT2D eigenvalue weighted by molar-refractivity contribution is -0.146. The van der Waals surface area contributed by atoms with Gasteiger partial charge >= 0.3 is 0 Å². The number of rotatable bonds is 5. The standard InChI is InChI=1S/C15H28N2O2.ClH/c1-2-9-17(12-13-6-4-3-5-7-13)15(18)14-11-16-8-10-19-14;/h13-14,16H,2-12H2,1H3;1H. The van der Waals surface area contributed by atoms with Crippen LogP contribution in [0.25, 0.3) is 0 Å². The van der Waals surface area contributed by atoms with E-state index >= 15 is 0 Å². The van der Waals surface area contributed by atoms with Gasteiger partial charge in [0, 0.05) is 26.2 Å². The quantitative estimate of drug-likeness (QED) is 0.847. The highest BCUT2D eigenvalue weighted by molar-refractivity contribution is 5.85. The molecule has 1 saturated heterocycles. The molecule has 2 aliphatic rings. The predicted octanol–water partition coefficient (Wildman–Crippen LogP) is 2.22. The molecule has 1 N–H and O–H groups in total. The second-order valence-electron chi connectivity index (χ2n) is 5.85. The maximum atomic E-state index is 12.5. The highest BCUT2D eigenvalue weighted by atomic mass is 35.5. The molecule has 0 bridgehead atoms.